The van der Waals surface area contributed by atoms with Gasteiger partial charge >= 0.3 is 6.18 Å². The Kier molecular flexibility index (Phi) is 6.33. The highest BCUT2D eigenvalue weighted by Crippen LogP contribution is 2.39. The number of ether oxygens (including phenoxy) is 2. The van der Waals surface area contributed by atoms with Gasteiger partial charge in [-0.25, -0.2) is 0 Å². The van der Waals surface area contributed by atoms with Crippen LogP contribution in [-0.4, -0.2) is 55.6 Å². The third-order valence-electron chi connectivity index (χ3n) is 6.48. The minimum atomic E-state index is -4.41. The van der Waals surface area contributed by atoms with Crippen LogP contribution in [0.25, 0.3) is 0 Å². The summed E-state index contributed by atoms with van der Waals surface area (Å²) in [7, 11) is 3.23. The second-order valence-electron chi connectivity index (χ2n) is 8.28. The number of amides is 1. The van der Waals surface area contributed by atoms with Crippen LogP contribution < -0.4 is 9.47 Å². The molecule has 2 atom stereocenters. The van der Waals surface area contributed by atoms with Crippen LogP contribution in [0.3, 0.4) is 0 Å². The van der Waals surface area contributed by atoms with Gasteiger partial charge in [-0.05, 0) is 61.2 Å². The number of fused-ring (bicyclic) bond motifs is 1. The van der Waals surface area contributed by atoms with Crippen molar-refractivity contribution in [3.63, 3.8) is 0 Å². The zero-order valence-electron chi connectivity index (χ0n) is 18.2. The highest BCUT2D eigenvalue weighted by atomic mass is 19.4. The zero-order valence-corrected chi connectivity index (χ0v) is 18.2. The van der Waals surface area contributed by atoms with E-state index < -0.39 is 11.7 Å². The number of hydrogen-bond donors (Lipinski definition) is 0. The minimum absolute atomic E-state index is 0.216. The molecule has 172 valence electrons. The fraction of sp³-hybridized carbons (Fsp3) is 0.458. The molecule has 1 unspecified atom stereocenters. The highest BCUT2D eigenvalue weighted by molar-refractivity contribution is 5.94. The topological polar surface area (TPSA) is 42.0 Å². The molecule has 2 aliphatic heterocycles. The van der Waals surface area contributed by atoms with Crippen molar-refractivity contribution in [2.75, 3.05) is 33.9 Å². The molecule has 2 heterocycles. The van der Waals surface area contributed by atoms with Crippen molar-refractivity contribution in [2.24, 2.45) is 0 Å². The summed E-state index contributed by atoms with van der Waals surface area (Å²) in [5.74, 6) is 1.17. The number of carbonyl (C=O) groups excluding carboxylic acids is 1. The molecule has 2 aliphatic rings. The largest absolute Gasteiger partial charge is 0.493 e. The van der Waals surface area contributed by atoms with E-state index in [2.05, 4.69) is 11.0 Å². The molecule has 0 saturated carbocycles. The predicted octanol–water partition coefficient (Wildman–Crippen LogP) is 4.77. The van der Waals surface area contributed by atoms with Gasteiger partial charge < -0.3 is 14.4 Å². The van der Waals surface area contributed by atoms with E-state index in [1.165, 1.54) is 12.1 Å². The van der Waals surface area contributed by atoms with Crippen LogP contribution in [0.4, 0.5) is 13.2 Å². The number of alkyl halides is 3. The second-order valence-corrected chi connectivity index (χ2v) is 8.28. The summed E-state index contributed by atoms with van der Waals surface area (Å²) in [4.78, 5) is 17.1. The van der Waals surface area contributed by atoms with Crippen molar-refractivity contribution in [3.05, 3.63) is 59.2 Å². The van der Waals surface area contributed by atoms with E-state index in [4.69, 9.17) is 9.47 Å². The summed E-state index contributed by atoms with van der Waals surface area (Å²) < 4.78 is 49.2. The molecule has 2 aromatic rings. The Morgan fingerprint density at radius 1 is 0.969 bits per heavy atom. The first kappa shape index (κ1) is 22.5. The molecule has 8 heteroatoms. The molecule has 0 radical (unpaired) electrons. The molecule has 0 bridgehead atoms. The molecule has 2 fully saturated rings. The van der Waals surface area contributed by atoms with Crippen molar-refractivity contribution in [3.8, 4) is 11.5 Å². The Balaban J connectivity index is 1.47. The standard InChI is InChI=1S/C24H27F3N2O3/c1-31-21-11-8-17(14-22(21)32-2)20-5-3-4-19-15-28(12-13-29(19)20)23(30)16-6-9-18(10-7-16)24(25,26)27/h6-11,14,19-20H,3-5,12-13,15H2,1-2H3/t19-,20?/m0/s1. The number of carbonyl (C=O) groups is 1. The molecule has 0 N–H and O–H groups in total. The maximum absolute atomic E-state index is 12.9. The molecular weight excluding hydrogens is 421 g/mol. The molecule has 0 aromatic heterocycles. The summed E-state index contributed by atoms with van der Waals surface area (Å²) >= 11 is 0. The molecule has 2 saturated heterocycles. The van der Waals surface area contributed by atoms with Crippen LogP contribution in [-0.2, 0) is 6.18 Å². The summed E-state index contributed by atoms with van der Waals surface area (Å²) in [5.41, 5.74) is 0.706. The lowest BCUT2D eigenvalue weighted by molar-refractivity contribution is -0.137. The van der Waals surface area contributed by atoms with E-state index in [-0.39, 0.29) is 18.0 Å². The molecule has 5 nitrogen and oxygen atoms in total. The van der Waals surface area contributed by atoms with Gasteiger partial charge in [0.15, 0.2) is 11.5 Å². The van der Waals surface area contributed by atoms with Crippen LogP contribution >= 0.6 is 0 Å². The van der Waals surface area contributed by atoms with Gasteiger partial charge in [-0.15, -0.1) is 0 Å². The lowest BCUT2D eigenvalue weighted by atomic mass is 9.89. The highest BCUT2D eigenvalue weighted by Gasteiger charge is 2.37. The van der Waals surface area contributed by atoms with Gasteiger partial charge in [0.25, 0.3) is 5.91 Å². The van der Waals surface area contributed by atoms with E-state index in [0.717, 1.165) is 43.5 Å². The third kappa shape index (κ3) is 4.41. The molecular formula is C24H27F3N2O3. The Hall–Kier alpha value is -2.74. The first-order valence-electron chi connectivity index (χ1n) is 10.8. The molecule has 32 heavy (non-hydrogen) atoms. The number of piperidine rings is 1. The maximum atomic E-state index is 12.9. The number of benzene rings is 2. The quantitative estimate of drug-likeness (QED) is 0.676. The van der Waals surface area contributed by atoms with Crippen LogP contribution in [0.2, 0.25) is 0 Å². The molecule has 4 rings (SSSR count). The van der Waals surface area contributed by atoms with Gasteiger partial charge in [0, 0.05) is 37.3 Å². The Morgan fingerprint density at radius 3 is 2.34 bits per heavy atom. The van der Waals surface area contributed by atoms with Crippen LogP contribution in [0, 0.1) is 0 Å². The Labute approximate surface area is 185 Å². The van der Waals surface area contributed by atoms with Crippen molar-refractivity contribution < 1.29 is 27.4 Å². The average Bonchev–Trinajstić information content (AvgIpc) is 2.82. The number of halogens is 3. The fourth-order valence-electron chi connectivity index (χ4n) is 4.84. The average molecular weight is 448 g/mol. The van der Waals surface area contributed by atoms with Gasteiger partial charge in [-0.2, -0.15) is 13.2 Å². The summed E-state index contributed by atoms with van der Waals surface area (Å²) in [6.45, 7) is 1.83. The van der Waals surface area contributed by atoms with Crippen LogP contribution in [0.1, 0.15) is 46.8 Å². The van der Waals surface area contributed by atoms with Crippen molar-refractivity contribution in [1.29, 1.82) is 0 Å². The van der Waals surface area contributed by atoms with Crippen molar-refractivity contribution in [1.82, 2.24) is 9.80 Å². The molecule has 0 aliphatic carbocycles. The van der Waals surface area contributed by atoms with E-state index in [1.54, 1.807) is 19.1 Å². The van der Waals surface area contributed by atoms with E-state index >= 15 is 0 Å². The molecule has 2 aromatic carbocycles. The maximum Gasteiger partial charge on any atom is 0.416 e. The van der Waals surface area contributed by atoms with Gasteiger partial charge in [0.05, 0.1) is 19.8 Å². The summed E-state index contributed by atoms with van der Waals surface area (Å²) in [6.07, 6.45) is -1.35. The van der Waals surface area contributed by atoms with Gasteiger partial charge in [-0.1, -0.05) is 6.07 Å². The van der Waals surface area contributed by atoms with Gasteiger partial charge in [0.1, 0.15) is 0 Å². The van der Waals surface area contributed by atoms with E-state index in [1.807, 2.05) is 12.1 Å². The smallest absolute Gasteiger partial charge is 0.416 e. The summed E-state index contributed by atoms with van der Waals surface area (Å²) in [5, 5.41) is 0. The van der Waals surface area contributed by atoms with E-state index in [9.17, 15) is 18.0 Å². The van der Waals surface area contributed by atoms with Crippen LogP contribution in [0.5, 0.6) is 11.5 Å². The Bertz CT molecular complexity index is 962. The van der Waals surface area contributed by atoms with E-state index in [0.29, 0.717) is 30.2 Å². The first-order valence-corrected chi connectivity index (χ1v) is 10.8. The number of rotatable bonds is 4. The van der Waals surface area contributed by atoms with Crippen LogP contribution in [0.15, 0.2) is 42.5 Å². The zero-order chi connectivity index (χ0) is 22.9. The monoisotopic (exact) mass is 448 g/mol. The van der Waals surface area contributed by atoms with Crippen molar-refractivity contribution >= 4 is 5.91 Å². The van der Waals surface area contributed by atoms with Gasteiger partial charge in [-0.3, -0.25) is 9.69 Å². The third-order valence-corrected chi connectivity index (χ3v) is 6.48. The lowest BCUT2D eigenvalue weighted by Gasteiger charge is -2.48. The molecule has 0 spiro atoms. The molecule has 1 amide bonds. The lowest BCUT2D eigenvalue weighted by Crippen LogP contribution is -2.57. The number of nitrogens with zero attached hydrogens (tertiary/aromatic N) is 2. The summed E-state index contributed by atoms with van der Waals surface area (Å²) in [6, 6.07) is 10.9. The first-order chi connectivity index (χ1) is 15.3. The normalized spacial score (nSPS) is 21.7. The fourth-order valence-corrected chi connectivity index (χ4v) is 4.84. The second kappa shape index (κ2) is 9.02. The Morgan fingerprint density at radius 2 is 1.69 bits per heavy atom. The van der Waals surface area contributed by atoms with Gasteiger partial charge in [0.2, 0.25) is 0 Å². The number of methoxy groups -OCH3 is 2. The SMILES string of the molecule is COc1ccc(C2CCC[C@H]3CN(C(=O)c4ccc(C(F)(F)F)cc4)CCN23)cc1OC. The minimum Gasteiger partial charge on any atom is -0.493 e. The van der Waals surface area contributed by atoms with Crippen molar-refractivity contribution in [2.45, 2.75) is 37.5 Å². The number of hydrogen-bond acceptors (Lipinski definition) is 4. The predicted molar refractivity (Wildman–Crippen MR) is 114 cm³/mol. The number of piperazine rings is 1.